The van der Waals surface area contributed by atoms with E-state index >= 15 is 0 Å². The van der Waals surface area contributed by atoms with Gasteiger partial charge in [0.15, 0.2) is 0 Å². The maximum atomic E-state index is 9.75. The van der Waals surface area contributed by atoms with Gasteiger partial charge in [-0.05, 0) is 13.8 Å². The van der Waals surface area contributed by atoms with E-state index in [1.165, 1.54) is 12.2 Å². The molecule has 0 saturated heterocycles. The number of rotatable bonds is 4. The van der Waals surface area contributed by atoms with Gasteiger partial charge in [0.25, 0.3) is 0 Å². The number of carbonyl (C=O) groups is 2. The van der Waals surface area contributed by atoms with Crippen molar-refractivity contribution in [2.75, 3.05) is 0 Å². The van der Waals surface area contributed by atoms with Crippen molar-refractivity contribution in [2.24, 2.45) is 0 Å². The summed E-state index contributed by atoms with van der Waals surface area (Å²) in [5.74, 6) is -1.83. The predicted molar refractivity (Wildman–Crippen MR) is 79.1 cm³/mol. The molecule has 0 aromatic rings. The molecule has 0 aliphatic carbocycles. The van der Waals surface area contributed by atoms with Crippen molar-refractivity contribution >= 4 is 87.4 Å². The van der Waals surface area contributed by atoms with E-state index in [0.29, 0.717) is 0 Å². The quantitative estimate of drug-likeness (QED) is 0.474. The first-order valence-corrected chi connectivity index (χ1v) is 4.59. The normalized spacial score (nSPS) is 9.89. The molecule has 6 heteroatoms. The van der Waals surface area contributed by atoms with Crippen molar-refractivity contribution in [3.05, 3.63) is 48.6 Å². The number of carboxylic acid groups (broad SMARTS) is 2. The van der Waals surface area contributed by atoms with Crippen LogP contribution in [0.5, 0.6) is 0 Å². The molecular weight excluding hydrogens is 288 g/mol. The molecule has 0 aliphatic heterocycles. The molecule has 0 spiro atoms. The zero-order valence-electron chi connectivity index (χ0n) is 14.7. The Bertz CT molecular complexity index is 301. The van der Waals surface area contributed by atoms with Crippen LogP contribution in [0.25, 0.3) is 0 Å². The topological polar surface area (TPSA) is 74.6 Å². The minimum Gasteiger partial charge on any atom is -1.00 e. The van der Waals surface area contributed by atoms with E-state index in [1.807, 2.05) is 13.8 Å². The SMILES string of the molecule is C/C=C/C=C/C(=O)O.C/C=C/C=C/C(=O)O.[Ca+2].[Ca+2].[H-].[H-].[H-].[H-]. The zero-order chi connectivity index (χ0) is 12.8. The van der Waals surface area contributed by atoms with E-state index in [0.717, 1.165) is 12.2 Å². The summed E-state index contributed by atoms with van der Waals surface area (Å²) in [6.45, 7) is 3.65. The molecule has 0 fully saturated rings. The van der Waals surface area contributed by atoms with Gasteiger partial charge in [0.05, 0.1) is 0 Å². The van der Waals surface area contributed by atoms with Crippen LogP contribution in [0.4, 0.5) is 0 Å². The van der Waals surface area contributed by atoms with Crippen LogP contribution in [0.2, 0.25) is 0 Å². The van der Waals surface area contributed by atoms with Crippen LogP contribution in [0.1, 0.15) is 19.6 Å². The van der Waals surface area contributed by atoms with E-state index in [-0.39, 0.29) is 81.2 Å². The average Bonchev–Trinajstić information content (AvgIpc) is 2.18. The summed E-state index contributed by atoms with van der Waals surface area (Å²) in [4.78, 5) is 19.5. The second-order valence-electron chi connectivity index (χ2n) is 2.45. The minimum absolute atomic E-state index is 0. The van der Waals surface area contributed by atoms with Crippen molar-refractivity contribution in [1.82, 2.24) is 0 Å². The number of carboxylic acids is 2. The summed E-state index contributed by atoms with van der Waals surface area (Å²) in [6.07, 6.45) is 12.0. The summed E-state index contributed by atoms with van der Waals surface area (Å²) in [5.41, 5.74) is 0. The summed E-state index contributed by atoms with van der Waals surface area (Å²) in [5, 5.41) is 16.0. The van der Waals surface area contributed by atoms with Crippen molar-refractivity contribution in [2.45, 2.75) is 13.8 Å². The fourth-order valence-corrected chi connectivity index (χ4v) is 0.498. The molecule has 0 heterocycles. The maximum absolute atomic E-state index is 9.75. The Labute approximate surface area is 173 Å². The fourth-order valence-electron chi connectivity index (χ4n) is 0.498. The van der Waals surface area contributed by atoms with Gasteiger partial charge in [-0.15, -0.1) is 0 Å². The Morgan fingerprint density at radius 2 is 1.06 bits per heavy atom. The van der Waals surface area contributed by atoms with Crippen molar-refractivity contribution in [1.29, 1.82) is 0 Å². The summed E-state index contributed by atoms with van der Waals surface area (Å²) < 4.78 is 0. The summed E-state index contributed by atoms with van der Waals surface area (Å²) in [6, 6.07) is 0. The standard InChI is InChI=1S/2C6H8O2.2Ca.4H/c2*1-2-3-4-5-6(7)8;;;;;;/h2*2-5H,1H3,(H,7,8);;;;;;/q;;2*+2;4*-1/b2*3-2+,5-4+;;;;;;. The summed E-state index contributed by atoms with van der Waals surface area (Å²) >= 11 is 0. The molecule has 0 aliphatic rings. The van der Waals surface area contributed by atoms with Gasteiger partial charge in [-0.3, -0.25) is 0 Å². The van der Waals surface area contributed by atoms with Crippen molar-refractivity contribution < 1.29 is 25.5 Å². The Balaban J connectivity index is -0.0000000233. The molecule has 4 nitrogen and oxygen atoms in total. The van der Waals surface area contributed by atoms with Crippen LogP contribution >= 0.6 is 0 Å². The molecule has 0 aromatic heterocycles. The number of allylic oxidation sites excluding steroid dienone is 6. The molecule has 0 bridgehead atoms. The molecule has 18 heavy (non-hydrogen) atoms. The number of hydrogen-bond acceptors (Lipinski definition) is 2. The molecule has 2 N–H and O–H groups in total. The fraction of sp³-hybridized carbons (Fsp3) is 0.167. The first-order chi connectivity index (χ1) is 7.54. The molecular formula is C12H20Ca2O4. The number of hydrogen-bond donors (Lipinski definition) is 2. The first kappa shape index (κ1) is 26.9. The second kappa shape index (κ2) is 22.6. The average molecular weight is 308 g/mol. The van der Waals surface area contributed by atoms with Crippen LogP contribution in [-0.4, -0.2) is 97.6 Å². The Kier molecular flexibility index (Phi) is 33.7. The van der Waals surface area contributed by atoms with Gasteiger partial charge in [-0.25, -0.2) is 9.59 Å². The van der Waals surface area contributed by atoms with Gasteiger partial charge in [-0.1, -0.05) is 36.5 Å². The molecule has 0 unspecified atom stereocenters. The maximum Gasteiger partial charge on any atom is 2.00 e. The van der Waals surface area contributed by atoms with Crippen molar-refractivity contribution in [3.8, 4) is 0 Å². The Morgan fingerprint density at radius 1 is 0.778 bits per heavy atom. The van der Waals surface area contributed by atoms with E-state index in [4.69, 9.17) is 10.2 Å². The molecule has 96 valence electrons. The van der Waals surface area contributed by atoms with E-state index in [1.54, 1.807) is 24.3 Å². The third kappa shape index (κ3) is 36.0. The molecule has 0 aromatic carbocycles. The van der Waals surface area contributed by atoms with Gasteiger partial charge in [0, 0.05) is 12.2 Å². The van der Waals surface area contributed by atoms with Crippen LogP contribution in [0.15, 0.2) is 48.6 Å². The third-order valence-electron chi connectivity index (χ3n) is 1.08. The van der Waals surface area contributed by atoms with Gasteiger partial charge < -0.3 is 15.9 Å². The molecule has 0 saturated carbocycles. The first-order valence-electron chi connectivity index (χ1n) is 4.59. The van der Waals surface area contributed by atoms with Crippen LogP contribution < -0.4 is 0 Å². The van der Waals surface area contributed by atoms with Crippen molar-refractivity contribution in [3.63, 3.8) is 0 Å². The van der Waals surface area contributed by atoms with E-state index in [9.17, 15) is 9.59 Å². The van der Waals surface area contributed by atoms with E-state index < -0.39 is 11.9 Å². The molecule has 0 radical (unpaired) electrons. The largest absolute Gasteiger partial charge is 2.00 e. The van der Waals surface area contributed by atoms with Crippen LogP contribution in [0.3, 0.4) is 0 Å². The van der Waals surface area contributed by atoms with Crippen LogP contribution in [-0.2, 0) is 9.59 Å². The van der Waals surface area contributed by atoms with E-state index in [2.05, 4.69) is 0 Å². The zero-order valence-corrected chi connectivity index (χ0v) is 15.2. The van der Waals surface area contributed by atoms with Crippen LogP contribution in [0, 0.1) is 0 Å². The molecule has 0 atom stereocenters. The smallest absolute Gasteiger partial charge is 1.00 e. The number of aliphatic carboxylic acids is 2. The molecule has 0 amide bonds. The Hall–Kier alpha value is 0.419. The molecule has 0 rings (SSSR count). The summed E-state index contributed by atoms with van der Waals surface area (Å²) in [7, 11) is 0. The third-order valence-corrected chi connectivity index (χ3v) is 1.08. The monoisotopic (exact) mass is 308 g/mol. The van der Waals surface area contributed by atoms with Gasteiger partial charge in [0.1, 0.15) is 0 Å². The predicted octanol–water partition coefficient (Wildman–Crippen LogP) is 2.09. The minimum atomic E-state index is -0.914. The Morgan fingerprint density at radius 3 is 1.22 bits per heavy atom. The van der Waals surface area contributed by atoms with Gasteiger partial charge >= 0.3 is 87.4 Å². The van der Waals surface area contributed by atoms with Gasteiger partial charge in [0.2, 0.25) is 0 Å². The van der Waals surface area contributed by atoms with Gasteiger partial charge in [-0.2, -0.15) is 0 Å². The second-order valence-corrected chi connectivity index (χ2v) is 2.45.